The van der Waals surface area contributed by atoms with Gasteiger partial charge in [0.2, 0.25) is 5.88 Å². The Hall–Kier alpha value is -2.14. The highest BCUT2D eigenvalue weighted by Crippen LogP contribution is 2.14. The van der Waals surface area contributed by atoms with Crippen molar-refractivity contribution in [3.05, 3.63) is 47.8 Å². The number of nitrogens with zero attached hydrogens (tertiary/aromatic N) is 2. The van der Waals surface area contributed by atoms with Crippen LogP contribution in [0.25, 0.3) is 0 Å². The minimum atomic E-state index is 0.0650. The predicted octanol–water partition coefficient (Wildman–Crippen LogP) is 2.37. The summed E-state index contributed by atoms with van der Waals surface area (Å²) in [5.74, 6) is 1.29. The van der Waals surface area contributed by atoms with Crippen molar-refractivity contribution in [3.8, 4) is 5.88 Å². The molecule has 0 aliphatic carbocycles. The van der Waals surface area contributed by atoms with Gasteiger partial charge in [0.1, 0.15) is 12.1 Å². The fourth-order valence-electron chi connectivity index (χ4n) is 1.70. The summed E-state index contributed by atoms with van der Waals surface area (Å²) < 4.78 is 5.52. The molecule has 5 nitrogen and oxygen atoms in total. The van der Waals surface area contributed by atoms with Crippen molar-refractivity contribution in [2.24, 2.45) is 0 Å². The average Bonchev–Trinajstić information content (AvgIpc) is 2.45. The van der Waals surface area contributed by atoms with Gasteiger partial charge in [-0.25, -0.2) is 9.97 Å². The van der Waals surface area contributed by atoms with Crippen LogP contribution in [0, 0.1) is 0 Å². The fourth-order valence-corrected chi connectivity index (χ4v) is 1.70. The first-order chi connectivity index (χ1) is 9.67. The minimum absolute atomic E-state index is 0.0650. The number of hydrogen-bond acceptors (Lipinski definition) is 5. The Bertz CT molecular complexity index is 541. The Labute approximate surface area is 118 Å². The van der Waals surface area contributed by atoms with Gasteiger partial charge in [0.05, 0.1) is 12.7 Å². The van der Waals surface area contributed by atoms with E-state index >= 15 is 0 Å². The SMILES string of the molecule is CC(C)Oc1cc(NCc2ccc(CO)cc2)ncn1. The molecule has 0 atom stereocenters. The Morgan fingerprint density at radius 1 is 1.15 bits per heavy atom. The lowest BCUT2D eigenvalue weighted by Crippen LogP contribution is -2.08. The van der Waals surface area contributed by atoms with Crippen molar-refractivity contribution in [2.45, 2.75) is 33.1 Å². The number of nitrogens with one attached hydrogen (secondary N) is 1. The van der Waals surface area contributed by atoms with Gasteiger partial charge in [-0.1, -0.05) is 24.3 Å². The molecule has 20 heavy (non-hydrogen) atoms. The quantitative estimate of drug-likeness (QED) is 0.845. The molecule has 1 aromatic heterocycles. The molecule has 0 saturated carbocycles. The Balaban J connectivity index is 1.95. The molecular formula is C15H19N3O2. The predicted molar refractivity (Wildman–Crippen MR) is 77.5 cm³/mol. The van der Waals surface area contributed by atoms with E-state index in [1.165, 1.54) is 6.33 Å². The van der Waals surface area contributed by atoms with Crippen LogP contribution in [0.15, 0.2) is 36.7 Å². The number of ether oxygens (including phenoxy) is 1. The molecule has 0 unspecified atom stereocenters. The lowest BCUT2D eigenvalue weighted by atomic mass is 10.1. The molecule has 0 amide bonds. The van der Waals surface area contributed by atoms with Crippen molar-refractivity contribution in [2.75, 3.05) is 5.32 Å². The summed E-state index contributed by atoms with van der Waals surface area (Å²) in [6.45, 7) is 4.63. The first kappa shape index (κ1) is 14.3. The number of aliphatic hydroxyl groups excluding tert-OH is 1. The van der Waals surface area contributed by atoms with Crippen molar-refractivity contribution in [3.63, 3.8) is 0 Å². The van der Waals surface area contributed by atoms with Crippen LogP contribution in [0.2, 0.25) is 0 Å². The normalized spacial score (nSPS) is 10.6. The van der Waals surface area contributed by atoms with Gasteiger partial charge in [0.25, 0.3) is 0 Å². The molecule has 0 bridgehead atoms. The second-order valence-electron chi connectivity index (χ2n) is 4.74. The minimum Gasteiger partial charge on any atom is -0.475 e. The summed E-state index contributed by atoms with van der Waals surface area (Å²) in [5.41, 5.74) is 2.02. The Kier molecular flexibility index (Phi) is 4.90. The van der Waals surface area contributed by atoms with Gasteiger partial charge in [-0.3, -0.25) is 0 Å². The molecule has 0 aliphatic rings. The summed E-state index contributed by atoms with van der Waals surface area (Å²) in [5, 5.41) is 12.2. The van der Waals surface area contributed by atoms with Crippen molar-refractivity contribution < 1.29 is 9.84 Å². The highest BCUT2D eigenvalue weighted by atomic mass is 16.5. The van der Waals surface area contributed by atoms with Gasteiger partial charge in [-0.15, -0.1) is 0 Å². The van der Waals surface area contributed by atoms with E-state index in [9.17, 15) is 0 Å². The smallest absolute Gasteiger partial charge is 0.218 e. The molecule has 2 N–H and O–H groups in total. The van der Waals surface area contributed by atoms with Crippen LogP contribution in [0.1, 0.15) is 25.0 Å². The highest BCUT2D eigenvalue weighted by molar-refractivity contribution is 5.38. The third-order valence-corrected chi connectivity index (χ3v) is 2.68. The van der Waals surface area contributed by atoms with Crippen LogP contribution >= 0.6 is 0 Å². The summed E-state index contributed by atoms with van der Waals surface area (Å²) in [4.78, 5) is 8.21. The van der Waals surface area contributed by atoms with E-state index in [1.54, 1.807) is 6.07 Å². The maximum atomic E-state index is 8.99. The molecule has 2 rings (SSSR count). The van der Waals surface area contributed by atoms with Crippen LogP contribution in [0.4, 0.5) is 5.82 Å². The van der Waals surface area contributed by atoms with E-state index in [1.807, 2.05) is 38.1 Å². The molecule has 1 aromatic carbocycles. The number of aliphatic hydroxyl groups is 1. The largest absolute Gasteiger partial charge is 0.475 e. The molecule has 2 aromatic rings. The third-order valence-electron chi connectivity index (χ3n) is 2.68. The summed E-state index contributed by atoms with van der Waals surface area (Å²) in [7, 11) is 0. The maximum absolute atomic E-state index is 8.99. The van der Waals surface area contributed by atoms with E-state index in [-0.39, 0.29) is 12.7 Å². The summed E-state index contributed by atoms with van der Waals surface area (Å²) in [6, 6.07) is 9.55. The first-order valence-corrected chi connectivity index (χ1v) is 6.58. The zero-order valence-corrected chi connectivity index (χ0v) is 11.7. The van der Waals surface area contributed by atoms with Crippen molar-refractivity contribution in [1.82, 2.24) is 9.97 Å². The molecule has 5 heteroatoms. The topological polar surface area (TPSA) is 67.3 Å². The third kappa shape index (κ3) is 4.20. The Morgan fingerprint density at radius 3 is 2.50 bits per heavy atom. The molecule has 0 aliphatic heterocycles. The average molecular weight is 273 g/mol. The molecule has 106 valence electrons. The van der Waals surface area contributed by atoms with Gasteiger partial charge in [0.15, 0.2) is 0 Å². The van der Waals surface area contributed by atoms with Crippen LogP contribution in [-0.4, -0.2) is 21.2 Å². The lowest BCUT2D eigenvalue weighted by Gasteiger charge is -2.10. The number of hydrogen-bond donors (Lipinski definition) is 2. The highest BCUT2D eigenvalue weighted by Gasteiger charge is 2.02. The summed E-state index contributed by atoms with van der Waals surface area (Å²) >= 11 is 0. The van der Waals surface area contributed by atoms with Gasteiger partial charge in [-0.2, -0.15) is 0 Å². The fraction of sp³-hybridized carbons (Fsp3) is 0.333. The van der Waals surface area contributed by atoms with Gasteiger partial charge < -0.3 is 15.2 Å². The molecular weight excluding hydrogens is 254 g/mol. The number of anilines is 1. The van der Waals surface area contributed by atoms with Crippen LogP contribution in [0.5, 0.6) is 5.88 Å². The zero-order chi connectivity index (χ0) is 14.4. The standard InChI is InChI=1S/C15H19N3O2/c1-11(2)20-15-7-14(17-10-18-15)16-8-12-3-5-13(9-19)6-4-12/h3-7,10-11,19H,8-9H2,1-2H3,(H,16,17,18). The van der Waals surface area contributed by atoms with E-state index in [0.29, 0.717) is 12.4 Å². The monoisotopic (exact) mass is 273 g/mol. The lowest BCUT2D eigenvalue weighted by molar-refractivity contribution is 0.232. The van der Waals surface area contributed by atoms with Crippen LogP contribution < -0.4 is 10.1 Å². The number of aromatic nitrogens is 2. The molecule has 0 fully saturated rings. The second-order valence-corrected chi connectivity index (χ2v) is 4.74. The zero-order valence-electron chi connectivity index (χ0n) is 11.7. The van der Waals surface area contributed by atoms with Gasteiger partial charge in [0, 0.05) is 12.6 Å². The maximum Gasteiger partial charge on any atom is 0.218 e. The Morgan fingerprint density at radius 2 is 1.85 bits per heavy atom. The molecule has 1 heterocycles. The van der Waals surface area contributed by atoms with E-state index < -0.39 is 0 Å². The molecule has 0 saturated heterocycles. The van der Waals surface area contributed by atoms with E-state index in [0.717, 1.165) is 16.9 Å². The van der Waals surface area contributed by atoms with Crippen LogP contribution in [0.3, 0.4) is 0 Å². The van der Waals surface area contributed by atoms with Crippen molar-refractivity contribution >= 4 is 5.82 Å². The van der Waals surface area contributed by atoms with E-state index in [4.69, 9.17) is 9.84 Å². The van der Waals surface area contributed by atoms with Gasteiger partial charge in [-0.05, 0) is 25.0 Å². The van der Waals surface area contributed by atoms with E-state index in [2.05, 4.69) is 15.3 Å². The van der Waals surface area contributed by atoms with Crippen LogP contribution in [-0.2, 0) is 13.2 Å². The number of benzene rings is 1. The molecule has 0 spiro atoms. The van der Waals surface area contributed by atoms with Crippen molar-refractivity contribution in [1.29, 1.82) is 0 Å². The second kappa shape index (κ2) is 6.86. The summed E-state index contributed by atoms with van der Waals surface area (Å²) in [6.07, 6.45) is 1.57. The van der Waals surface area contributed by atoms with Gasteiger partial charge >= 0.3 is 0 Å². The first-order valence-electron chi connectivity index (χ1n) is 6.58. The molecule has 0 radical (unpaired) electrons. The number of rotatable bonds is 6.